The minimum absolute atomic E-state index is 0.104. The minimum Gasteiger partial charge on any atom is -0.481 e. The van der Waals surface area contributed by atoms with Crippen molar-refractivity contribution in [3.63, 3.8) is 0 Å². The molecule has 0 radical (unpaired) electrons. The van der Waals surface area contributed by atoms with Crippen molar-refractivity contribution in [2.45, 2.75) is 32.2 Å². The maximum absolute atomic E-state index is 12.2. The van der Waals surface area contributed by atoms with E-state index in [-0.39, 0.29) is 37.9 Å². The van der Waals surface area contributed by atoms with Crippen LogP contribution in [0.15, 0.2) is 17.5 Å². The molecule has 106 valence electrons. The van der Waals surface area contributed by atoms with E-state index in [4.69, 9.17) is 5.11 Å². The highest BCUT2D eigenvalue weighted by molar-refractivity contribution is 7.10. The number of hydrogen-bond donors (Lipinski definition) is 2. The quantitative estimate of drug-likeness (QED) is 0.756. The van der Waals surface area contributed by atoms with Gasteiger partial charge in [-0.15, -0.1) is 11.3 Å². The van der Waals surface area contributed by atoms with Gasteiger partial charge in [-0.25, -0.2) is 0 Å². The molecule has 0 aliphatic rings. The van der Waals surface area contributed by atoms with Gasteiger partial charge < -0.3 is 15.1 Å². The van der Waals surface area contributed by atoms with E-state index in [1.807, 2.05) is 24.4 Å². The fourth-order valence-corrected chi connectivity index (χ4v) is 2.53. The summed E-state index contributed by atoms with van der Waals surface area (Å²) in [7, 11) is 0. The molecular formula is C13H19NO4S. The molecule has 0 spiro atoms. The van der Waals surface area contributed by atoms with Crippen molar-refractivity contribution in [2.75, 3.05) is 13.2 Å². The van der Waals surface area contributed by atoms with Gasteiger partial charge in [0.15, 0.2) is 0 Å². The van der Waals surface area contributed by atoms with Crippen molar-refractivity contribution >= 4 is 23.2 Å². The first-order valence-corrected chi connectivity index (χ1v) is 7.11. The lowest BCUT2D eigenvalue weighted by Gasteiger charge is -2.29. The van der Waals surface area contributed by atoms with E-state index in [9.17, 15) is 14.7 Å². The van der Waals surface area contributed by atoms with Crippen LogP contribution >= 0.6 is 11.3 Å². The van der Waals surface area contributed by atoms with Crippen LogP contribution in [-0.4, -0.2) is 46.2 Å². The van der Waals surface area contributed by atoms with Gasteiger partial charge in [0.05, 0.1) is 25.5 Å². The fraction of sp³-hybridized carbons (Fsp3) is 0.538. The van der Waals surface area contributed by atoms with Crippen LogP contribution in [0.5, 0.6) is 0 Å². The Kier molecular flexibility index (Phi) is 6.52. The summed E-state index contributed by atoms with van der Waals surface area (Å²) in [4.78, 5) is 25.3. The summed E-state index contributed by atoms with van der Waals surface area (Å²) >= 11 is 1.49. The molecule has 1 heterocycles. The zero-order valence-electron chi connectivity index (χ0n) is 10.9. The molecule has 1 aromatic heterocycles. The Hall–Kier alpha value is -1.40. The van der Waals surface area contributed by atoms with Crippen LogP contribution in [0.3, 0.4) is 0 Å². The van der Waals surface area contributed by atoms with Crippen LogP contribution < -0.4 is 0 Å². The number of aliphatic hydroxyl groups excluding tert-OH is 1. The molecule has 0 aliphatic heterocycles. The van der Waals surface area contributed by atoms with E-state index in [1.165, 1.54) is 16.2 Å². The molecule has 1 amide bonds. The molecule has 5 nitrogen and oxygen atoms in total. The van der Waals surface area contributed by atoms with Gasteiger partial charge in [0, 0.05) is 11.4 Å². The van der Waals surface area contributed by atoms with Crippen molar-refractivity contribution in [3.05, 3.63) is 22.4 Å². The van der Waals surface area contributed by atoms with Crippen LogP contribution in [0.1, 0.15) is 24.6 Å². The van der Waals surface area contributed by atoms with Crippen LogP contribution in [0.4, 0.5) is 0 Å². The Bertz CT molecular complexity index is 401. The standard InChI is InChI=1S/C13H19NO4S/c1-2-10(9-15)14(6-5-13(17)18)12(16)8-11-4-3-7-19-11/h3-4,7,10,15H,2,5-6,8-9H2,1H3,(H,17,18). The van der Waals surface area contributed by atoms with E-state index >= 15 is 0 Å². The van der Waals surface area contributed by atoms with Crippen LogP contribution in [-0.2, 0) is 16.0 Å². The molecule has 1 unspecified atom stereocenters. The van der Waals surface area contributed by atoms with Crippen molar-refractivity contribution in [2.24, 2.45) is 0 Å². The van der Waals surface area contributed by atoms with Crippen molar-refractivity contribution in [1.82, 2.24) is 4.90 Å². The molecule has 6 heteroatoms. The third-order valence-electron chi connectivity index (χ3n) is 2.92. The first kappa shape index (κ1) is 15.7. The van der Waals surface area contributed by atoms with E-state index < -0.39 is 5.97 Å². The van der Waals surface area contributed by atoms with Gasteiger partial charge in [0.1, 0.15) is 0 Å². The Labute approximate surface area is 116 Å². The molecule has 0 saturated carbocycles. The molecule has 1 rings (SSSR count). The summed E-state index contributed by atoms with van der Waals surface area (Å²) in [6.07, 6.45) is 0.757. The first-order chi connectivity index (χ1) is 9.08. The summed E-state index contributed by atoms with van der Waals surface area (Å²) in [6.45, 7) is 1.86. The zero-order valence-corrected chi connectivity index (χ0v) is 11.7. The smallest absolute Gasteiger partial charge is 0.305 e. The first-order valence-electron chi connectivity index (χ1n) is 6.23. The number of carboxylic acid groups (broad SMARTS) is 1. The monoisotopic (exact) mass is 285 g/mol. The van der Waals surface area contributed by atoms with E-state index in [0.717, 1.165) is 4.88 Å². The van der Waals surface area contributed by atoms with Gasteiger partial charge in [-0.05, 0) is 17.9 Å². The van der Waals surface area contributed by atoms with Crippen LogP contribution in [0.2, 0.25) is 0 Å². The number of nitrogens with zero attached hydrogens (tertiary/aromatic N) is 1. The van der Waals surface area contributed by atoms with Gasteiger partial charge in [-0.2, -0.15) is 0 Å². The average Bonchev–Trinajstić information content (AvgIpc) is 2.86. The molecule has 19 heavy (non-hydrogen) atoms. The average molecular weight is 285 g/mol. The number of aliphatic hydroxyl groups is 1. The number of rotatable bonds is 8. The largest absolute Gasteiger partial charge is 0.481 e. The van der Waals surface area contributed by atoms with Crippen molar-refractivity contribution in [1.29, 1.82) is 0 Å². The predicted octanol–water partition coefficient (Wildman–Crippen LogP) is 1.36. The number of carbonyl (C=O) groups excluding carboxylic acids is 1. The second-order valence-electron chi connectivity index (χ2n) is 4.23. The van der Waals surface area contributed by atoms with E-state index in [1.54, 1.807) is 0 Å². The van der Waals surface area contributed by atoms with Gasteiger partial charge in [0.2, 0.25) is 5.91 Å². The molecule has 0 aliphatic carbocycles. The third kappa shape index (κ3) is 5.00. The highest BCUT2D eigenvalue weighted by atomic mass is 32.1. The second-order valence-corrected chi connectivity index (χ2v) is 5.26. The number of carboxylic acids is 1. The number of carbonyl (C=O) groups is 2. The maximum atomic E-state index is 12.2. The maximum Gasteiger partial charge on any atom is 0.305 e. The van der Waals surface area contributed by atoms with E-state index in [2.05, 4.69) is 0 Å². The normalized spacial score (nSPS) is 12.1. The Morgan fingerprint density at radius 3 is 2.68 bits per heavy atom. The lowest BCUT2D eigenvalue weighted by atomic mass is 10.1. The predicted molar refractivity (Wildman–Crippen MR) is 73.2 cm³/mol. The highest BCUT2D eigenvalue weighted by Gasteiger charge is 2.22. The van der Waals surface area contributed by atoms with Crippen LogP contribution in [0, 0.1) is 0 Å². The molecule has 0 fully saturated rings. The fourth-order valence-electron chi connectivity index (χ4n) is 1.84. The molecule has 0 saturated heterocycles. The van der Waals surface area contributed by atoms with Gasteiger partial charge in [-0.3, -0.25) is 9.59 Å². The SMILES string of the molecule is CCC(CO)N(CCC(=O)O)C(=O)Cc1cccs1. The summed E-state index contributed by atoms with van der Waals surface area (Å²) in [6, 6.07) is 3.43. The number of aliphatic carboxylic acids is 1. The second kappa shape index (κ2) is 7.91. The minimum atomic E-state index is -0.943. The van der Waals surface area contributed by atoms with E-state index in [0.29, 0.717) is 6.42 Å². The van der Waals surface area contributed by atoms with Gasteiger partial charge >= 0.3 is 5.97 Å². The summed E-state index contributed by atoms with van der Waals surface area (Å²) < 4.78 is 0. The lowest BCUT2D eigenvalue weighted by molar-refractivity contribution is -0.139. The summed E-state index contributed by atoms with van der Waals surface area (Å²) in [5.74, 6) is -1.08. The number of thiophene rings is 1. The topological polar surface area (TPSA) is 77.8 Å². The molecule has 1 atom stereocenters. The van der Waals surface area contributed by atoms with Gasteiger partial charge in [0.25, 0.3) is 0 Å². The van der Waals surface area contributed by atoms with Gasteiger partial charge in [-0.1, -0.05) is 13.0 Å². The molecule has 0 aromatic carbocycles. The Morgan fingerprint density at radius 2 is 2.21 bits per heavy atom. The summed E-state index contributed by atoms with van der Waals surface area (Å²) in [5, 5.41) is 19.9. The highest BCUT2D eigenvalue weighted by Crippen LogP contribution is 2.13. The number of hydrogen-bond acceptors (Lipinski definition) is 4. The van der Waals surface area contributed by atoms with Crippen molar-refractivity contribution < 1.29 is 19.8 Å². The summed E-state index contributed by atoms with van der Waals surface area (Å²) in [5.41, 5.74) is 0. The number of amides is 1. The lowest BCUT2D eigenvalue weighted by Crippen LogP contribution is -2.44. The molecule has 0 bridgehead atoms. The Morgan fingerprint density at radius 1 is 1.47 bits per heavy atom. The zero-order chi connectivity index (χ0) is 14.3. The van der Waals surface area contributed by atoms with Crippen LogP contribution in [0.25, 0.3) is 0 Å². The molecule has 1 aromatic rings. The Balaban J connectivity index is 2.70. The third-order valence-corrected chi connectivity index (χ3v) is 3.79. The van der Waals surface area contributed by atoms with Crippen molar-refractivity contribution in [3.8, 4) is 0 Å². The molecule has 2 N–H and O–H groups in total. The molecular weight excluding hydrogens is 266 g/mol.